The number of fused-ring (bicyclic) bond motifs is 4. The normalized spacial score (nSPS) is 25.5. The Bertz CT molecular complexity index is 1570. The van der Waals surface area contributed by atoms with Gasteiger partial charge in [0.15, 0.2) is 0 Å². The molecule has 3 aromatic rings. The molecule has 11 heteroatoms. The Morgan fingerprint density at radius 3 is 2.76 bits per heavy atom. The minimum Gasteiger partial charge on any atom is -0.465 e. The molecule has 2 bridgehead atoms. The molecule has 3 fully saturated rings. The van der Waals surface area contributed by atoms with Gasteiger partial charge in [-0.1, -0.05) is 35.9 Å². The lowest BCUT2D eigenvalue weighted by Gasteiger charge is -2.41. The van der Waals surface area contributed by atoms with Crippen LogP contribution in [0.4, 0.5) is 16.3 Å². The predicted molar refractivity (Wildman–Crippen MR) is 160 cm³/mol. The lowest BCUT2D eigenvalue weighted by Crippen LogP contribution is -2.56. The number of ether oxygens (including phenoxy) is 1. The van der Waals surface area contributed by atoms with E-state index in [4.69, 9.17) is 26.3 Å². The second kappa shape index (κ2) is 10.8. The number of nitrogens with zero attached hydrogens (tertiary/aromatic N) is 7. The van der Waals surface area contributed by atoms with E-state index in [2.05, 4.69) is 52.1 Å². The summed E-state index contributed by atoms with van der Waals surface area (Å²) in [5.74, 6) is 0.484. The van der Waals surface area contributed by atoms with Gasteiger partial charge in [-0.05, 0) is 56.8 Å². The average Bonchev–Trinajstić information content (AvgIpc) is 3.51. The summed E-state index contributed by atoms with van der Waals surface area (Å²) in [7, 11) is 2.12. The highest BCUT2D eigenvalue weighted by Crippen LogP contribution is 2.40. The van der Waals surface area contributed by atoms with Crippen LogP contribution in [-0.2, 0) is 13.0 Å². The Kier molecular flexibility index (Phi) is 6.95. The number of hydrogen-bond donors (Lipinski definition) is 1. The van der Waals surface area contributed by atoms with Crippen molar-refractivity contribution in [2.45, 2.75) is 50.4 Å². The second-order valence-corrected chi connectivity index (χ2v) is 12.3. The van der Waals surface area contributed by atoms with Gasteiger partial charge in [0.1, 0.15) is 12.4 Å². The van der Waals surface area contributed by atoms with Crippen molar-refractivity contribution in [2.75, 3.05) is 49.6 Å². The number of hydrogen-bond acceptors (Lipinski definition) is 8. The van der Waals surface area contributed by atoms with E-state index in [0.29, 0.717) is 44.7 Å². The van der Waals surface area contributed by atoms with Crippen molar-refractivity contribution in [1.82, 2.24) is 19.8 Å². The summed E-state index contributed by atoms with van der Waals surface area (Å²) in [6, 6.07) is 14.6. The van der Waals surface area contributed by atoms with Crippen LogP contribution in [0.25, 0.3) is 10.8 Å². The third-order valence-electron chi connectivity index (χ3n) is 9.54. The zero-order valence-corrected chi connectivity index (χ0v) is 24.4. The Morgan fingerprint density at radius 2 is 2.00 bits per heavy atom. The molecule has 3 saturated heterocycles. The van der Waals surface area contributed by atoms with Gasteiger partial charge in [0.2, 0.25) is 0 Å². The molecular weight excluding hydrogens is 554 g/mol. The topological polar surface area (TPSA) is 109 Å². The van der Waals surface area contributed by atoms with Crippen molar-refractivity contribution < 1.29 is 14.6 Å². The van der Waals surface area contributed by atoms with Crippen LogP contribution in [0.15, 0.2) is 36.4 Å². The monoisotopic (exact) mass is 587 g/mol. The quantitative estimate of drug-likeness (QED) is 0.464. The van der Waals surface area contributed by atoms with Gasteiger partial charge in [0, 0.05) is 42.3 Å². The van der Waals surface area contributed by atoms with Gasteiger partial charge in [-0.3, -0.25) is 4.90 Å². The van der Waals surface area contributed by atoms with Crippen molar-refractivity contribution >= 4 is 40.0 Å². The zero-order valence-electron chi connectivity index (χ0n) is 23.6. The highest BCUT2D eigenvalue weighted by atomic mass is 35.5. The smallest absolute Gasteiger partial charge is 0.407 e. The highest BCUT2D eigenvalue weighted by Gasteiger charge is 2.49. The van der Waals surface area contributed by atoms with Gasteiger partial charge in [-0.15, -0.1) is 0 Å². The van der Waals surface area contributed by atoms with E-state index in [9.17, 15) is 15.2 Å². The number of rotatable bonds is 5. The molecule has 0 radical (unpaired) electrons. The molecule has 218 valence electrons. The molecule has 42 heavy (non-hydrogen) atoms. The molecule has 7 rings (SSSR count). The van der Waals surface area contributed by atoms with Crippen LogP contribution < -0.4 is 14.5 Å². The van der Waals surface area contributed by atoms with Gasteiger partial charge < -0.3 is 24.5 Å². The maximum Gasteiger partial charge on any atom is 0.407 e. The lowest BCUT2D eigenvalue weighted by atomic mass is 10.0. The second-order valence-electron chi connectivity index (χ2n) is 11.9. The fourth-order valence-corrected chi connectivity index (χ4v) is 7.67. The van der Waals surface area contributed by atoms with Crippen LogP contribution in [0.1, 0.15) is 30.5 Å². The maximum absolute atomic E-state index is 12.1. The maximum atomic E-state index is 12.1. The minimum absolute atomic E-state index is 0.245. The van der Waals surface area contributed by atoms with E-state index in [-0.39, 0.29) is 18.0 Å². The number of carbonyl (C=O) groups is 1. The van der Waals surface area contributed by atoms with Crippen LogP contribution in [0.5, 0.6) is 6.01 Å². The van der Waals surface area contributed by atoms with Crippen LogP contribution >= 0.6 is 11.6 Å². The van der Waals surface area contributed by atoms with Gasteiger partial charge >= 0.3 is 12.1 Å². The molecule has 0 aliphatic carbocycles. The fraction of sp³-hybridized carbons (Fsp3) is 0.484. The number of anilines is 2. The number of nitriles is 1. The summed E-state index contributed by atoms with van der Waals surface area (Å²) in [6.07, 6.45) is 2.55. The Morgan fingerprint density at radius 1 is 1.17 bits per heavy atom. The molecule has 0 spiro atoms. The van der Waals surface area contributed by atoms with Crippen LogP contribution in [-0.4, -0.2) is 88.9 Å². The standard InChI is InChI=1S/C31H34ClN7O3/c1-36-11-4-7-21(36)18-42-30-34-25-16-37(26-9-3-6-19-5-2-8-24(32)28(19)26)12-10-23(25)29(35-30)38-15-22-13-20(14-33)27(17-38)39(22)31(40)41/h2-3,5-6,8-9,20-22,27H,4,7,10-13,15-18H2,1H3,(H,40,41)/t20?,21-,22+,27+/m0/s1. The molecule has 5 heterocycles. The molecule has 4 aliphatic heterocycles. The molecule has 4 atom stereocenters. The van der Waals surface area contributed by atoms with E-state index in [1.807, 2.05) is 12.1 Å². The summed E-state index contributed by atoms with van der Waals surface area (Å²) in [5, 5.41) is 22.5. The van der Waals surface area contributed by atoms with Crippen molar-refractivity contribution in [3.8, 4) is 12.1 Å². The number of halogens is 1. The number of amides is 1. The number of carboxylic acid groups (broad SMARTS) is 1. The summed E-state index contributed by atoms with van der Waals surface area (Å²) < 4.78 is 6.27. The first-order chi connectivity index (χ1) is 20.4. The SMILES string of the molecule is CN1CCC[C@H]1COc1nc2c(c(N3C[C@H]4CC(C#N)[C@@H](C3)N4C(=O)O)n1)CCN(c1cccc3cccc(Cl)c13)C2. The molecule has 1 unspecified atom stereocenters. The molecule has 10 nitrogen and oxygen atoms in total. The van der Waals surface area contributed by atoms with Crippen LogP contribution in [0, 0.1) is 17.2 Å². The largest absolute Gasteiger partial charge is 0.465 e. The molecular formula is C31H34ClN7O3. The first-order valence-electron chi connectivity index (χ1n) is 14.7. The van der Waals surface area contributed by atoms with Gasteiger partial charge in [-0.2, -0.15) is 15.2 Å². The van der Waals surface area contributed by atoms with E-state index in [1.165, 1.54) is 4.90 Å². The Labute approximate surface area is 250 Å². The average molecular weight is 588 g/mol. The zero-order chi connectivity index (χ0) is 29.0. The first-order valence-corrected chi connectivity index (χ1v) is 15.1. The third-order valence-corrected chi connectivity index (χ3v) is 9.85. The van der Waals surface area contributed by atoms with Crippen molar-refractivity contribution in [2.24, 2.45) is 5.92 Å². The predicted octanol–water partition coefficient (Wildman–Crippen LogP) is 4.40. The van der Waals surface area contributed by atoms with E-state index in [0.717, 1.165) is 70.9 Å². The fourth-order valence-electron chi connectivity index (χ4n) is 7.39. The van der Waals surface area contributed by atoms with E-state index >= 15 is 0 Å². The first kappa shape index (κ1) is 27.0. The summed E-state index contributed by atoms with van der Waals surface area (Å²) in [4.78, 5) is 30.3. The number of aromatic nitrogens is 2. The molecule has 0 saturated carbocycles. The van der Waals surface area contributed by atoms with Crippen LogP contribution in [0.3, 0.4) is 0 Å². The van der Waals surface area contributed by atoms with E-state index in [1.54, 1.807) is 0 Å². The molecule has 4 aliphatic rings. The number of piperazine rings is 1. The highest BCUT2D eigenvalue weighted by molar-refractivity contribution is 6.36. The summed E-state index contributed by atoms with van der Waals surface area (Å²) in [5.41, 5.74) is 3.05. The third kappa shape index (κ3) is 4.65. The van der Waals surface area contributed by atoms with Gasteiger partial charge in [-0.25, -0.2) is 4.79 Å². The molecule has 2 aromatic carbocycles. The summed E-state index contributed by atoms with van der Waals surface area (Å²) >= 11 is 6.69. The Balaban J connectivity index is 1.24. The van der Waals surface area contributed by atoms with Gasteiger partial charge in [0.25, 0.3) is 0 Å². The number of benzene rings is 2. The van der Waals surface area contributed by atoms with Crippen molar-refractivity contribution in [3.05, 3.63) is 52.7 Å². The molecule has 1 aromatic heterocycles. The van der Waals surface area contributed by atoms with Crippen LogP contribution in [0.2, 0.25) is 5.02 Å². The molecule has 1 N–H and O–H groups in total. The number of likely N-dealkylation sites (N-methyl/N-ethyl adjacent to an activating group) is 1. The summed E-state index contributed by atoms with van der Waals surface area (Å²) in [6.45, 7) is 3.85. The van der Waals surface area contributed by atoms with Crippen molar-refractivity contribution in [3.63, 3.8) is 0 Å². The minimum atomic E-state index is -0.957. The van der Waals surface area contributed by atoms with Crippen molar-refractivity contribution in [1.29, 1.82) is 5.26 Å². The van der Waals surface area contributed by atoms with E-state index < -0.39 is 6.09 Å². The van der Waals surface area contributed by atoms with Gasteiger partial charge in [0.05, 0.1) is 41.3 Å². The number of likely N-dealkylation sites (tertiary alicyclic amines) is 1. The Hall–Kier alpha value is -3.81. The lowest BCUT2D eigenvalue weighted by molar-refractivity contribution is 0.112. The molecule has 1 amide bonds.